The van der Waals surface area contributed by atoms with Crippen molar-refractivity contribution in [3.05, 3.63) is 29.0 Å². The van der Waals surface area contributed by atoms with Crippen LogP contribution in [0.2, 0.25) is 5.02 Å². The number of rotatable bonds is 3. The second kappa shape index (κ2) is 5.94. The smallest absolute Gasteiger partial charge is 0.325 e. The Bertz CT molecular complexity index is 896. The fourth-order valence-electron chi connectivity index (χ4n) is 3.56. The van der Waals surface area contributed by atoms with Crippen molar-refractivity contribution in [1.29, 1.82) is 0 Å². The summed E-state index contributed by atoms with van der Waals surface area (Å²) in [5.41, 5.74) is 0.0943. The molecule has 10 heteroatoms. The van der Waals surface area contributed by atoms with E-state index in [1.807, 2.05) is 6.92 Å². The van der Waals surface area contributed by atoms with Crippen molar-refractivity contribution in [3.63, 3.8) is 0 Å². The Morgan fingerprint density at radius 1 is 1.31 bits per heavy atom. The molecule has 0 saturated carbocycles. The predicted octanol–water partition coefficient (Wildman–Crippen LogP) is 2.02. The number of nitrogens with zero attached hydrogens (tertiary/aromatic N) is 5. The van der Waals surface area contributed by atoms with Crippen molar-refractivity contribution in [2.75, 3.05) is 18.5 Å². The Hall–Kier alpha value is -2.68. The van der Waals surface area contributed by atoms with Crippen LogP contribution in [0.4, 0.5) is 15.1 Å². The van der Waals surface area contributed by atoms with Crippen LogP contribution in [-0.2, 0) is 4.79 Å². The van der Waals surface area contributed by atoms with Crippen molar-refractivity contribution in [2.45, 2.75) is 25.6 Å². The summed E-state index contributed by atoms with van der Waals surface area (Å²) in [4.78, 5) is 27.8. The Morgan fingerprint density at radius 2 is 2.08 bits per heavy atom. The lowest BCUT2D eigenvalue weighted by atomic mass is 10.1. The maximum absolute atomic E-state index is 14.5. The summed E-state index contributed by atoms with van der Waals surface area (Å²) >= 11 is 6.19. The van der Waals surface area contributed by atoms with Crippen LogP contribution >= 0.6 is 11.6 Å². The number of imide groups is 1. The number of halogens is 2. The zero-order valence-electron chi connectivity index (χ0n) is 14.1. The molecule has 2 atom stereocenters. The number of likely N-dealkylation sites (N-methyl/N-ethyl adjacent to an activating group) is 1. The number of hydrogen-bond acceptors (Lipinski definition) is 5. The fourth-order valence-corrected chi connectivity index (χ4v) is 3.81. The maximum Gasteiger partial charge on any atom is 0.325 e. The van der Waals surface area contributed by atoms with Crippen molar-refractivity contribution in [1.82, 2.24) is 25.0 Å². The molecular formula is C16H16ClFN6O2. The molecule has 4 rings (SSSR count). The topological polar surface area (TPSA) is 83.4 Å². The number of hydrogen-bond donors (Lipinski definition) is 1. The second-order valence-electron chi connectivity index (χ2n) is 6.25. The van der Waals surface area contributed by atoms with E-state index in [0.717, 1.165) is 6.42 Å². The van der Waals surface area contributed by atoms with E-state index < -0.39 is 30.0 Å². The molecule has 0 aliphatic carbocycles. The van der Waals surface area contributed by atoms with Gasteiger partial charge in [-0.15, -0.1) is 10.2 Å². The zero-order valence-corrected chi connectivity index (χ0v) is 14.9. The summed E-state index contributed by atoms with van der Waals surface area (Å²) in [6, 6.07) is 3.15. The molecule has 2 aliphatic heterocycles. The largest absolute Gasteiger partial charge is 0.325 e. The van der Waals surface area contributed by atoms with Crippen LogP contribution < -0.4 is 10.2 Å². The van der Waals surface area contributed by atoms with Crippen LogP contribution in [-0.4, -0.2) is 51.2 Å². The summed E-state index contributed by atoms with van der Waals surface area (Å²) in [5, 5.41) is 10.8. The lowest BCUT2D eigenvalue weighted by Crippen LogP contribution is -2.61. The number of fused-ring (bicyclic) bond motifs is 3. The number of urea groups is 1. The molecule has 136 valence electrons. The third-order valence-corrected chi connectivity index (χ3v) is 5.00. The third-order valence-electron chi connectivity index (χ3n) is 4.68. The Balaban J connectivity index is 1.94. The molecule has 1 saturated heterocycles. The summed E-state index contributed by atoms with van der Waals surface area (Å²) in [7, 11) is 1.57. The van der Waals surface area contributed by atoms with Gasteiger partial charge in [0.1, 0.15) is 12.0 Å². The number of carbonyl (C=O) groups is 2. The summed E-state index contributed by atoms with van der Waals surface area (Å²) < 4.78 is 16.1. The van der Waals surface area contributed by atoms with E-state index in [-0.39, 0.29) is 16.4 Å². The lowest BCUT2D eigenvalue weighted by molar-refractivity contribution is -0.124. The molecule has 0 bridgehead atoms. The highest BCUT2D eigenvalue weighted by molar-refractivity contribution is 6.33. The quantitative estimate of drug-likeness (QED) is 0.883. The number of aromatic nitrogens is 3. The molecule has 1 fully saturated rings. The predicted molar refractivity (Wildman–Crippen MR) is 92.2 cm³/mol. The summed E-state index contributed by atoms with van der Waals surface area (Å²) in [6.07, 6.45) is 0.0788. The number of anilines is 1. The Kier molecular flexibility index (Phi) is 3.83. The van der Waals surface area contributed by atoms with Gasteiger partial charge in [0.05, 0.1) is 10.6 Å². The van der Waals surface area contributed by atoms with E-state index >= 15 is 0 Å². The lowest BCUT2D eigenvalue weighted by Gasteiger charge is -2.37. The highest BCUT2D eigenvalue weighted by Gasteiger charge is 2.52. The first-order valence-electron chi connectivity index (χ1n) is 8.19. The van der Waals surface area contributed by atoms with Crippen molar-refractivity contribution < 1.29 is 14.0 Å². The number of benzene rings is 1. The molecule has 3 amide bonds. The van der Waals surface area contributed by atoms with Gasteiger partial charge in [0.15, 0.2) is 11.9 Å². The highest BCUT2D eigenvalue weighted by Crippen LogP contribution is 2.42. The van der Waals surface area contributed by atoms with Gasteiger partial charge in [-0.1, -0.05) is 24.6 Å². The Morgan fingerprint density at radius 3 is 2.77 bits per heavy atom. The summed E-state index contributed by atoms with van der Waals surface area (Å²) in [6.45, 7) is 2.51. The molecule has 2 unspecified atom stereocenters. The first-order valence-corrected chi connectivity index (χ1v) is 8.57. The number of carbonyl (C=O) groups excluding carboxylic acids is 2. The minimum absolute atomic E-state index is 0.0943. The van der Waals surface area contributed by atoms with Crippen LogP contribution in [0.25, 0.3) is 11.4 Å². The third kappa shape index (κ3) is 2.20. The molecule has 8 nitrogen and oxygen atoms in total. The number of nitrogens with one attached hydrogen (secondary N) is 1. The fraction of sp³-hybridized carbons (Fsp3) is 0.375. The van der Waals surface area contributed by atoms with Gasteiger partial charge in [0, 0.05) is 13.6 Å². The Labute approximate surface area is 153 Å². The van der Waals surface area contributed by atoms with Gasteiger partial charge in [0.25, 0.3) is 5.91 Å². The molecule has 3 heterocycles. The molecule has 1 aromatic carbocycles. The van der Waals surface area contributed by atoms with Gasteiger partial charge in [-0.3, -0.25) is 14.7 Å². The average Bonchev–Trinajstić information content (AvgIpc) is 3.13. The van der Waals surface area contributed by atoms with E-state index in [9.17, 15) is 14.0 Å². The van der Waals surface area contributed by atoms with Crippen LogP contribution in [0.5, 0.6) is 0 Å². The molecule has 0 spiro atoms. The van der Waals surface area contributed by atoms with Gasteiger partial charge >= 0.3 is 6.03 Å². The van der Waals surface area contributed by atoms with Gasteiger partial charge in [0.2, 0.25) is 5.95 Å². The molecule has 1 aromatic heterocycles. The van der Waals surface area contributed by atoms with E-state index in [0.29, 0.717) is 12.5 Å². The SMILES string of the molecule is CCCN1c2nnc(-c3c(F)cccc3Cl)n2C2C1C(=O)NC(=O)N2C. The van der Waals surface area contributed by atoms with Crippen LogP contribution in [0.3, 0.4) is 0 Å². The first-order chi connectivity index (χ1) is 12.5. The molecule has 2 aliphatic rings. The van der Waals surface area contributed by atoms with Crippen LogP contribution in [0.15, 0.2) is 18.2 Å². The minimum atomic E-state index is -0.682. The molecule has 0 radical (unpaired) electrons. The van der Waals surface area contributed by atoms with Gasteiger partial charge in [-0.25, -0.2) is 9.18 Å². The standard InChI is InChI=1S/C16H16ClFN6O2/c1-3-7-23-11-13(25)19-16(26)22(2)14(11)24-12(20-21-15(23)24)10-8(17)5-4-6-9(10)18/h4-6,11,14H,3,7H2,1-2H3,(H,19,25,26). The highest BCUT2D eigenvalue weighted by atomic mass is 35.5. The molecule has 1 N–H and O–H groups in total. The second-order valence-corrected chi connectivity index (χ2v) is 6.65. The zero-order chi connectivity index (χ0) is 18.6. The maximum atomic E-state index is 14.5. The molecule has 2 aromatic rings. The number of amides is 3. The molecular weight excluding hydrogens is 363 g/mol. The van der Waals surface area contributed by atoms with Crippen LogP contribution in [0, 0.1) is 5.82 Å². The van der Waals surface area contributed by atoms with Gasteiger partial charge in [-0.05, 0) is 18.6 Å². The normalized spacial score (nSPS) is 21.7. The van der Waals surface area contributed by atoms with Crippen LogP contribution in [0.1, 0.15) is 19.5 Å². The molecule has 26 heavy (non-hydrogen) atoms. The van der Waals surface area contributed by atoms with E-state index in [1.54, 1.807) is 22.6 Å². The summed E-state index contributed by atoms with van der Waals surface area (Å²) in [5.74, 6) is -0.367. The van der Waals surface area contributed by atoms with Crippen molar-refractivity contribution in [2.24, 2.45) is 0 Å². The average molecular weight is 379 g/mol. The first kappa shape index (κ1) is 16.8. The van der Waals surface area contributed by atoms with E-state index in [2.05, 4.69) is 15.5 Å². The van der Waals surface area contributed by atoms with Gasteiger partial charge < -0.3 is 9.80 Å². The minimum Gasteiger partial charge on any atom is -0.325 e. The van der Waals surface area contributed by atoms with Crippen molar-refractivity contribution >= 4 is 29.5 Å². The van der Waals surface area contributed by atoms with Crippen molar-refractivity contribution in [3.8, 4) is 11.4 Å². The van der Waals surface area contributed by atoms with E-state index in [4.69, 9.17) is 11.6 Å². The van der Waals surface area contributed by atoms with E-state index in [1.165, 1.54) is 17.0 Å². The monoisotopic (exact) mass is 378 g/mol. The van der Waals surface area contributed by atoms with Gasteiger partial charge in [-0.2, -0.15) is 0 Å².